The first-order chi connectivity index (χ1) is 16.7. The molecule has 4 heterocycles. The number of methoxy groups -OCH3 is 1. The van der Waals surface area contributed by atoms with Crippen molar-refractivity contribution in [3.63, 3.8) is 0 Å². The van der Waals surface area contributed by atoms with Crippen LogP contribution < -0.4 is 5.32 Å². The summed E-state index contributed by atoms with van der Waals surface area (Å²) in [5.41, 5.74) is 5.97. The molecule has 5 aromatic rings. The minimum atomic E-state index is -0.428. The van der Waals surface area contributed by atoms with Gasteiger partial charge in [-0.2, -0.15) is 14.6 Å². The monoisotopic (exact) mass is 457 g/mol. The van der Waals surface area contributed by atoms with Crippen LogP contribution in [-0.4, -0.2) is 49.3 Å². The summed E-state index contributed by atoms with van der Waals surface area (Å²) in [5, 5.41) is 9.42. The number of H-pyrrole nitrogens is 1. The molecular weight excluding hydrogens is 433 g/mol. The van der Waals surface area contributed by atoms with Crippen LogP contribution in [0.1, 0.15) is 23.2 Å². The second-order valence-corrected chi connectivity index (χ2v) is 8.62. The van der Waals surface area contributed by atoms with Crippen molar-refractivity contribution in [2.45, 2.75) is 31.7 Å². The molecule has 0 bridgehead atoms. The maximum atomic E-state index is 13.9. The Balaban J connectivity index is 1.39. The predicted molar refractivity (Wildman–Crippen MR) is 127 cm³/mol. The Morgan fingerprint density at radius 2 is 2.12 bits per heavy atom. The molecular formula is C25H24FN7O. The molecule has 0 spiro atoms. The van der Waals surface area contributed by atoms with Gasteiger partial charge in [0.2, 0.25) is 5.95 Å². The zero-order valence-corrected chi connectivity index (χ0v) is 18.8. The fraction of sp³-hybridized carbons (Fsp3) is 0.280. The van der Waals surface area contributed by atoms with E-state index in [9.17, 15) is 4.39 Å². The second-order valence-electron chi connectivity index (χ2n) is 8.62. The zero-order chi connectivity index (χ0) is 23.1. The topological polar surface area (TPSA) is 93.0 Å². The Kier molecular flexibility index (Phi) is 5.18. The standard InChI is InChI=1S/C25H24FN7O/c1-34-9-8-15-13-28-33-24(15)31-23(16-10-17(26)14-27-12-16)32-25(33)29-18-6-7-22-20(11-18)19-4-2-3-5-21(19)30-22/h2-5,10,12-14,18,30H,6-9,11H2,1H3,(H,29,31,32)/t18-/m0/s1. The van der Waals surface area contributed by atoms with Gasteiger partial charge in [0, 0.05) is 53.5 Å². The van der Waals surface area contributed by atoms with Gasteiger partial charge in [0.15, 0.2) is 11.5 Å². The number of rotatable bonds is 6. The summed E-state index contributed by atoms with van der Waals surface area (Å²) in [6.07, 6.45) is 7.99. The largest absolute Gasteiger partial charge is 0.384 e. The van der Waals surface area contributed by atoms with Crippen molar-refractivity contribution < 1.29 is 9.13 Å². The number of benzene rings is 1. The van der Waals surface area contributed by atoms with Crippen LogP contribution in [-0.2, 0) is 24.0 Å². The maximum absolute atomic E-state index is 13.9. The van der Waals surface area contributed by atoms with Crippen molar-refractivity contribution in [1.82, 2.24) is 29.5 Å². The van der Waals surface area contributed by atoms with E-state index in [1.807, 2.05) is 0 Å². The van der Waals surface area contributed by atoms with E-state index in [1.54, 1.807) is 24.0 Å². The molecule has 8 nitrogen and oxygen atoms in total. The highest BCUT2D eigenvalue weighted by Crippen LogP contribution is 2.30. The predicted octanol–water partition coefficient (Wildman–Crippen LogP) is 3.97. The molecule has 4 aromatic heterocycles. The molecule has 0 fully saturated rings. The van der Waals surface area contributed by atoms with Gasteiger partial charge in [-0.15, -0.1) is 0 Å². The number of nitrogens with zero attached hydrogens (tertiary/aromatic N) is 5. The second kappa shape index (κ2) is 8.49. The molecule has 34 heavy (non-hydrogen) atoms. The van der Waals surface area contributed by atoms with E-state index in [1.165, 1.54) is 34.4 Å². The first-order valence-corrected chi connectivity index (χ1v) is 11.4. The summed E-state index contributed by atoms with van der Waals surface area (Å²) < 4.78 is 20.9. The van der Waals surface area contributed by atoms with E-state index in [4.69, 9.17) is 14.7 Å². The van der Waals surface area contributed by atoms with E-state index in [0.717, 1.165) is 24.8 Å². The Bertz CT molecular complexity index is 1490. The van der Waals surface area contributed by atoms with Crippen molar-refractivity contribution in [3.8, 4) is 11.4 Å². The van der Waals surface area contributed by atoms with Crippen LogP contribution in [0.25, 0.3) is 27.9 Å². The van der Waals surface area contributed by atoms with Crippen molar-refractivity contribution >= 4 is 22.5 Å². The molecule has 2 N–H and O–H groups in total. The number of pyridine rings is 1. The summed E-state index contributed by atoms with van der Waals surface area (Å²) >= 11 is 0. The highest BCUT2D eigenvalue weighted by molar-refractivity contribution is 5.85. The van der Waals surface area contributed by atoms with Crippen molar-refractivity contribution in [2.75, 3.05) is 19.0 Å². The van der Waals surface area contributed by atoms with Gasteiger partial charge in [-0.1, -0.05) is 18.2 Å². The van der Waals surface area contributed by atoms with Gasteiger partial charge in [-0.3, -0.25) is 4.98 Å². The summed E-state index contributed by atoms with van der Waals surface area (Å²) in [5.74, 6) is 0.564. The summed E-state index contributed by atoms with van der Waals surface area (Å²) in [6.45, 7) is 0.553. The molecule has 0 unspecified atom stereocenters. The smallest absolute Gasteiger partial charge is 0.228 e. The van der Waals surface area contributed by atoms with Gasteiger partial charge in [0.05, 0.1) is 19.0 Å². The van der Waals surface area contributed by atoms with E-state index < -0.39 is 5.82 Å². The van der Waals surface area contributed by atoms with E-state index in [-0.39, 0.29) is 6.04 Å². The number of nitrogens with one attached hydrogen (secondary N) is 2. The van der Waals surface area contributed by atoms with Crippen molar-refractivity contribution in [3.05, 3.63) is 71.6 Å². The van der Waals surface area contributed by atoms with E-state index >= 15 is 0 Å². The first kappa shape index (κ1) is 20.7. The van der Waals surface area contributed by atoms with Gasteiger partial charge in [-0.05, 0) is 37.0 Å². The molecule has 1 aliphatic carbocycles. The molecule has 9 heteroatoms. The number of halogens is 1. The lowest BCUT2D eigenvalue weighted by Crippen LogP contribution is -2.29. The average Bonchev–Trinajstić information content (AvgIpc) is 3.44. The molecule has 0 radical (unpaired) electrons. The molecule has 0 saturated carbocycles. The molecule has 0 amide bonds. The minimum absolute atomic E-state index is 0.176. The number of hydrogen-bond acceptors (Lipinski definition) is 6. The number of anilines is 1. The minimum Gasteiger partial charge on any atom is -0.384 e. The highest BCUT2D eigenvalue weighted by Gasteiger charge is 2.24. The first-order valence-electron chi connectivity index (χ1n) is 11.4. The van der Waals surface area contributed by atoms with Crippen LogP contribution in [0.4, 0.5) is 10.3 Å². The molecule has 1 aromatic carbocycles. The van der Waals surface area contributed by atoms with Crippen molar-refractivity contribution in [2.24, 2.45) is 0 Å². The third-order valence-corrected chi connectivity index (χ3v) is 6.41. The van der Waals surface area contributed by atoms with Crippen LogP contribution in [0.5, 0.6) is 0 Å². The third-order valence-electron chi connectivity index (χ3n) is 6.41. The van der Waals surface area contributed by atoms with Crippen LogP contribution >= 0.6 is 0 Å². The van der Waals surface area contributed by atoms with Crippen molar-refractivity contribution in [1.29, 1.82) is 0 Å². The maximum Gasteiger partial charge on any atom is 0.228 e. The number of ether oxygens (including phenoxy) is 1. The SMILES string of the molecule is COCCc1cnn2c(N[C@H]3CCc4[nH]c5ccccc5c4C3)nc(-c3cncc(F)c3)nc12. The van der Waals surface area contributed by atoms with Crippen LogP contribution in [0.2, 0.25) is 0 Å². The molecule has 0 saturated heterocycles. The number of aryl methyl sites for hydroxylation is 1. The lowest BCUT2D eigenvalue weighted by atomic mass is 9.91. The fourth-order valence-electron chi connectivity index (χ4n) is 4.74. The Labute approximate surface area is 195 Å². The van der Waals surface area contributed by atoms with Gasteiger partial charge >= 0.3 is 0 Å². The Hall–Kier alpha value is -3.85. The fourth-order valence-corrected chi connectivity index (χ4v) is 4.74. The molecule has 6 rings (SSSR count). The number of hydrogen-bond donors (Lipinski definition) is 2. The summed E-state index contributed by atoms with van der Waals surface area (Å²) in [7, 11) is 1.67. The average molecular weight is 458 g/mol. The number of aromatic amines is 1. The third kappa shape index (κ3) is 3.67. The zero-order valence-electron chi connectivity index (χ0n) is 18.8. The number of fused-ring (bicyclic) bond motifs is 4. The summed E-state index contributed by atoms with van der Waals surface area (Å²) in [4.78, 5) is 17.0. The van der Waals surface area contributed by atoms with Crippen LogP contribution in [0.15, 0.2) is 48.9 Å². The van der Waals surface area contributed by atoms with Gasteiger partial charge in [-0.25, -0.2) is 9.37 Å². The molecule has 172 valence electrons. The van der Waals surface area contributed by atoms with E-state index in [2.05, 4.69) is 44.6 Å². The lowest BCUT2D eigenvalue weighted by molar-refractivity contribution is 0.202. The van der Waals surface area contributed by atoms with Gasteiger partial charge < -0.3 is 15.0 Å². The van der Waals surface area contributed by atoms with Crippen LogP contribution in [0, 0.1) is 5.82 Å². The molecule has 1 atom stereocenters. The van der Waals surface area contributed by atoms with Crippen LogP contribution in [0.3, 0.4) is 0 Å². The normalized spacial score (nSPS) is 15.6. The lowest BCUT2D eigenvalue weighted by Gasteiger charge is -2.24. The number of aromatic nitrogens is 6. The van der Waals surface area contributed by atoms with Gasteiger partial charge in [0.1, 0.15) is 5.82 Å². The quantitative estimate of drug-likeness (QED) is 0.401. The highest BCUT2D eigenvalue weighted by atomic mass is 19.1. The molecule has 0 aliphatic heterocycles. The Morgan fingerprint density at radius 3 is 3.00 bits per heavy atom. The van der Waals surface area contributed by atoms with E-state index in [0.29, 0.717) is 36.0 Å². The summed E-state index contributed by atoms with van der Waals surface area (Å²) in [6, 6.07) is 9.99. The molecule has 1 aliphatic rings. The van der Waals surface area contributed by atoms with Gasteiger partial charge in [0.25, 0.3) is 0 Å². The number of para-hydroxylation sites is 1. The Morgan fingerprint density at radius 1 is 1.21 bits per heavy atom.